The van der Waals surface area contributed by atoms with Crippen LogP contribution in [0.15, 0.2) is 30.5 Å². The summed E-state index contributed by atoms with van der Waals surface area (Å²) in [6, 6.07) is 3.16. The Morgan fingerprint density at radius 2 is 1.80 bits per heavy atom. The zero-order valence-electron chi connectivity index (χ0n) is 13.3. The second-order valence-electron chi connectivity index (χ2n) is 5.87. The second kappa shape index (κ2) is 7.12. The molecule has 1 aromatic rings. The van der Waals surface area contributed by atoms with E-state index in [2.05, 4.69) is 6.58 Å². The Morgan fingerprint density at radius 1 is 1.04 bits per heavy atom. The van der Waals surface area contributed by atoms with Gasteiger partial charge >= 0.3 is 0 Å². The minimum atomic E-state index is -1.55. The van der Waals surface area contributed by atoms with E-state index in [9.17, 15) is 25.5 Å². The molecule has 0 saturated carbocycles. The minimum absolute atomic E-state index is 0.175. The summed E-state index contributed by atoms with van der Waals surface area (Å²) in [5.41, 5.74) is 1.13. The topological polar surface area (TPSA) is 129 Å². The van der Waals surface area contributed by atoms with Gasteiger partial charge in [0.25, 0.3) is 0 Å². The standard InChI is InChI=1S/C17H20O8/c1-8-2-3-9-4-10(6-18)12(5-11(9)23-8)24-17-16(22)15(21)14(20)13(7-19)25-17/h2-5,13-22H,1,6-7H2. The summed E-state index contributed by atoms with van der Waals surface area (Å²) in [6.07, 6.45) is -3.54. The molecule has 2 aliphatic rings. The summed E-state index contributed by atoms with van der Waals surface area (Å²) in [7, 11) is 0. The molecule has 1 fully saturated rings. The summed E-state index contributed by atoms with van der Waals surface area (Å²) in [4.78, 5) is 0. The SMILES string of the molecule is C=C1C=Cc2cc(CO)c(OC3OC(CO)C(O)C(O)C3O)cc2O1. The number of rotatable bonds is 4. The van der Waals surface area contributed by atoms with Crippen LogP contribution in [-0.2, 0) is 11.3 Å². The molecule has 136 valence electrons. The Morgan fingerprint density at radius 3 is 2.48 bits per heavy atom. The lowest BCUT2D eigenvalue weighted by atomic mass is 9.99. The van der Waals surface area contributed by atoms with Crippen molar-refractivity contribution in [3.8, 4) is 11.5 Å². The number of fused-ring (bicyclic) bond motifs is 1. The molecule has 5 N–H and O–H groups in total. The van der Waals surface area contributed by atoms with Crippen molar-refractivity contribution in [1.82, 2.24) is 0 Å². The second-order valence-corrected chi connectivity index (χ2v) is 5.87. The summed E-state index contributed by atoms with van der Waals surface area (Å²) in [5, 5.41) is 48.5. The van der Waals surface area contributed by atoms with E-state index in [1.165, 1.54) is 6.07 Å². The smallest absolute Gasteiger partial charge is 0.229 e. The van der Waals surface area contributed by atoms with Gasteiger partial charge in [0.15, 0.2) is 0 Å². The van der Waals surface area contributed by atoms with Crippen molar-refractivity contribution in [2.75, 3.05) is 6.61 Å². The van der Waals surface area contributed by atoms with E-state index in [-0.39, 0.29) is 12.4 Å². The van der Waals surface area contributed by atoms with Gasteiger partial charge in [-0.2, -0.15) is 0 Å². The van der Waals surface area contributed by atoms with Gasteiger partial charge in [-0.1, -0.05) is 6.58 Å². The van der Waals surface area contributed by atoms with Crippen LogP contribution in [-0.4, -0.2) is 62.8 Å². The van der Waals surface area contributed by atoms with Gasteiger partial charge in [-0.25, -0.2) is 0 Å². The highest BCUT2D eigenvalue weighted by molar-refractivity contribution is 5.65. The molecule has 2 aliphatic heterocycles. The van der Waals surface area contributed by atoms with Crippen LogP contribution in [0.5, 0.6) is 11.5 Å². The largest absolute Gasteiger partial charge is 0.461 e. The van der Waals surface area contributed by atoms with Crippen LogP contribution in [0.3, 0.4) is 0 Å². The molecule has 25 heavy (non-hydrogen) atoms. The molecule has 0 aromatic heterocycles. The molecule has 5 atom stereocenters. The Balaban J connectivity index is 1.88. The van der Waals surface area contributed by atoms with Gasteiger partial charge in [-0.3, -0.25) is 0 Å². The molecule has 8 heteroatoms. The third-order valence-corrected chi connectivity index (χ3v) is 4.14. The summed E-state index contributed by atoms with van der Waals surface area (Å²) in [5.74, 6) is 1.06. The normalized spacial score (nSPS) is 31.4. The van der Waals surface area contributed by atoms with Crippen LogP contribution in [0, 0.1) is 0 Å². The highest BCUT2D eigenvalue weighted by atomic mass is 16.7. The molecule has 0 radical (unpaired) electrons. The first-order chi connectivity index (χ1) is 11.9. The van der Waals surface area contributed by atoms with E-state index < -0.39 is 37.3 Å². The lowest BCUT2D eigenvalue weighted by Crippen LogP contribution is -2.60. The predicted octanol–water partition coefficient (Wildman–Crippen LogP) is -0.723. The van der Waals surface area contributed by atoms with E-state index in [0.29, 0.717) is 17.1 Å². The molecule has 1 saturated heterocycles. The van der Waals surface area contributed by atoms with Crippen LogP contribution < -0.4 is 9.47 Å². The van der Waals surface area contributed by atoms with Crippen LogP contribution >= 0.6 is 0 Å². The minimum Gasteiger partial charge on any atom is -0.461 e. The van der Waals surface area contributed by atoms with E-state index in [1.807, 2.05) is 0 Å². The molecule has 1 aromatic carbocycles. The molecular formula is C17H20O8. The monoisotopic (exact) mass is 352 g/mol. The zero-order chi connectivity index (χ0) is 18.1. The maximum Gasteiger partial charge on any atom is 0.229 e. The van der Waals surface area contributed by atoms with Gasteiger partial charge in [0, 0.05) is 17.2 Å². The highest BCUT2D eigenvalue weighted by Gasteiger charge is 2.44. The lowest BCUT2D eigenvalue weighted by molar-refractivity contribution is -0.277. The Kier molecular flexibility index (Phi) is 5.09. The van der Waals surface area contributed by atoms with Gasteiger partial charge < -0.3 is 39.7 Å². The molecular weight excluding hydrogens is 332 g/mol. The first-order valence-corrected chi connectivity index (χ1v) is 7.74. The molecule has 0 amide bonds. The van der Waals surface area contributed by atoms with Crippen LogP contribution in [0.4, 0.5) is 0 Å². The highest BCUT2D eigenvalue weighted by Crippen LogP contribution is 2.35. The van der Waals surface area contributed by atoms with Crippen molar-refractivity contribution in [1.29, 1.82) is 0 Å². The molecule has 5 unspecified atom stereocenters. The third-order valence-electron chi connectivity index (χ3n) is 4.14. The van der Waals surface area contributed by atoms with Crippen molar-refractivity contribution in [2.24, 2.45) is 0 Å². The van der Waals surface area contributed by atoms with Crippen molar-refractivity contribution >= 4 is 6.08 Å². The maximum absolute atomic E-state index is 10.1. The number of aliphatic hydroxyl groups excluding tert-OH is 5. The van der Waals surface area contributed by atoms with Gasteiger partial charge in [0.2, 0.25) is 6.29 Å². The molecule has 0 aliphatic carbocycles. The number of hydrogen-bond donors (Lipinski definition) is 5. The van der Waals surface area contributed by atoms with Crippen LogP contribution in [0.2, 0.25) is 0 Å². The molecule has 8 nitrogen and oxygen atoms in total. The first-order valence-electron chi connectivity index (χ1n) is 7.74. The third kappa shape index (κ3) is 3.40. The summed E-state index contributed by atoms with van der Waals surface area (Å²) >= 11 is 0. The quantitative estimate of drug-likeness (QED) is 0.480. The summed E-state index contributed by atoms with van der Waals surface area (Å²) < 4.78 is 16.4. The zero-order valence-corrected chi connectivity index (χ0v) is 13.3. The first kappa shape index (κ1) is 17.9. The van der Waals surface area contributed by atoms with Crippen molar-refractivity contribution in [3.63, 3.8) is 0 Å². The summed E-state index contributed by atoms with van der Waals surface area (Å²) in [6.45, 7) is 2.80. The van der Waals surface area contributed by atoms with Gasteiger partial charge in [-0.05, 0) is 18.2 Å². The van der Waals surface area contributed by atoms with Crippen molar-refractivity contribution in [3.05, 3.63) is 41.7 Å². The number of ether oxygens (including phenoxy) is 3. The fourth-order valence-corrected chi connectivity index (χ4v) is 2.72. The molecule has 2 heterocycles. The number of benzene rings is 1. The maximum atomic E-state index is 10.1. The van der Waals surface area contributed by atoms with E-state index >= 15 is 0 Å². The van der Waals surface area contributed by atoms with Gasteiger partial charge in [-0.15, -0.1) is 0 Å². The lowest BCUT2D eigenvalue weighted by Gasteiger charge is -2.39. The van der Waals surface area contributed by atoms with Crippen LogP contribution in [0.1, 0.15) is 11.1 Å². The van der Waals surface area contributed by atoms with Gasteiger partial charge in [0.1, 0.15) is 41.7 Å². The molecule has 3 rings (SSSR count). The Labute approximate surface area is 143 Å². The predicted molar refractivity (Wildman–Crippen MR) is 85.6 cm³/mol. The van der Waals surface area contributed by atoms with E-state index in [4.69, 9.17) is 14.2 Å². The Hall–Kier alpha value is -1.94. The Bertz CT molecular complexity index is 683. The van der Waals surface area contributed by atoms with Crippen molar-refractivity contribution in [2.45, 2.75) is 37.3 Å². The van der Waals surface area contributed by atoms with E-state index in [1.54, 1.807) is 18.2 Å². The molecule has 0 bridgehead atoms. The fourth-order valence-electron chi connectivity index (χ4n) is 2.72. The number of hydrogen-bond acceptors (Lipinski definition) is 8. The number of allylic oxidation sites excluding steroid dienone is 1. The molecule has 0 spiro atoms. The average Bonchev–Trinajstić information content (AvgIpc) is 2.61. The van der Waals surface area contributed by atoms with Crippen LogP contribution in [0.25, 0.3) is 6.08 Å². The van der Waals surface area contributed by atoms with Gasteiger partial charge in [0.05, 0.1) is 13.2 Å². The van der Waals surface area contributed by atoms with E-state index in [0.717, 1.165) is 5.56 Å². The number of aliphatic hydroxyl groups is 5. The fraction of sp³-hybridized carbons (Fsp3) is 0.412. The van der Waals surface area contributed by atoms with Crippen molar-refractivity contribution < 1.29 is 39.7 Å². The average molecular weight is 352 g/mol.